The van der Waals surface area contributed by atoms with E-state index in [0.29, 0.717) is 11.3 Å². The number of nitro groups is 1. The quantitative estimate of drug-likeness (QED) is 0.0783. The van der Waals surface area contributed by atoms with Gasteiger partial charge < -0.3 is 9.15 Å². The number of hydrogen-bond donors (Lipinski definition) is 0. The van der Waals surface area contributed by atoms with Gasteiger partial charge in [-0.3, -0.25) is 19.7 Å². The number of ether oxygens (including phenoxy) is 1. The number of benzene rings is 2. The molecule has 0 N–H and O–H groups in total. The van der Waals surface area contributed by atoms with Crippen molar-refractivity contribution < 1.29 is 28.5 Å². The normalized spacial score (nSPS) is 11.1. The Balaban J connectivity index is 2.00. The summed E-state index contributed by atoms with van der Waals surface area (Å²) in [6.45, 7) is 1.53. The van der Waals surface area contributed by atoms with Gasteiger partial charge in [0.25, 0.3) is 11.5 Å². The molecule has 0 aliphatic heterocycles. The number of furan rings is 1. The minimum atomic E-state index is -1.15. The van der Waals surface area contributed by atoms with Crippen LogP contribution < -0.4 is 0 Å². The Morgan fingerprint density at radius 2 is 1.77 bits per heavy atom. The van der Waals surface area contributed by atoms with Crippen molar-refractivity contribution in [2.75, 3.05) is 6.61 Å². The maximum Gasteiger partial charge on any atom is 0.379 e. The lowest BCUT2D eigenvalue weighted by molar-refractivity contribution is -0.384. The fourth-order valence-corrected chi connectivity index (χ4v) is 2.79. The molecule has 2 aromatic carbocycles. The van der Waals surface area contributed by atoms with Gasteiger partial charge in [0, 0.05) is 23.3 Å². The Morgan fingerprint density at radius 1 is 1.03 bits per heavy atom. The maximum absolute atomic E-state index is 12.9. The number of Topliss-reactive ketones (excluding diaryl/α,β-unsaturated/α-hetero) is 2. The smallest absolute Gasteiger partial charge is 0.379 e. The molecule has 0 radical (unpaired) electrons. The van der Waals surface area contributed by atoms with Gasteiger partial charge in [0.15, 0.2) is 5.78 Å². The van der Waals surface area contributed by atoms with E-state index < -0.39 is 28.0 Å². The van der Waals surface area contributed by atoms with Gasteiger partial charge in [-0.1, -0.05) is 42.5 Å². The highest BCUT2D eigenvalue weighted by molar-refractivity contribution is 6.50. The highest BCUT2D eigenvalue weighted by Crippen LogP contribution is 2.27. The van der Waals surface area contributed by atoms with Crippen LogP contribution in [0.3, 0.4) is 0 Å². The summed E-state index contributed by atoms with van der Waals surface area (Å²) >= 11 is 0. The molecular formula is C23H17NO7. The first-order valence-corrected chi connectivity index (χ1v) is 9.28. The van der Waals surface area contributed by atoms with Crippen molar-refractivity contribution in [1.29, 1.82) is 0 Å². The van der Waals surface area contributed by atoms with Crippen LogP contribution in [0.25, 0.3) is 17.4 Å². The van der Waals surface area contributed by atoms with E-state index in [1.54, 1.807) is 37.3 Å². The molecule has 8 heteroatoms. The standard InChI is InChI=1S/C23H17NO7/c1-2-30-23(27)22(26)19(21(25)15-7-4-3-5-8-15)14-18-11-12-20(31-18)16-9-6-10-17(13-16)24(28)29/h3-14H,2H2,1H3. The SMILES string of the molecule is CCOC(=O)C(=O)C(=Cc1ccc(-c2cccc([N+](=O)[O-])c2)o1)C(=O)c1ccccc1. The molecule has 156 valence electrons. The van der Waals surface area contributed by atoms with Gasteiger partial charge in [0.1, 0.15) is 11.5 Å². The second kappa shape index (κ2) is 9.45. The van der Waals surface area contributed by atoms with Gasteiger partial charge in [0.2, 0.25) is 0 Å². The average Bonchev–Trinajstić information content (AvgIpc) is 3.26. The highest BCUT2D eigenvalue weighted by atomic mass is 16.6. The van der Waals surface area contributed by atoms with E-state index in [-0.39, 0.29) is 23.6 Å². The first kappa shape index (κ1) is 21.4. The van der Waals surface area contributed by atoms with Crippen molar-refractivity contribution in [3.8, 4) is 11.3 Å². The van der Waals surface area contributed by atoms with Crippen LogP contribution in [0.1, 0.15) is 23.0 Å². The summed E-state index contributed by atoms with van der Waals surface area (Å²) in [5.41, 5.74) is 0.145. The van der Waals surface area contributed by atoms with Crippen molar-refractivity contribution in [3.05, 3.63) is 93.7 Å². The monoisotopic (exact) mass is 419 g/mol. The van der Waals surface area contributed by atoms with Crippen LogP contribution in [0.5, 0.6) is 0 Å². The summed E-state index contributed by atoms with van der Waals surface area (Å²) in [4.78, 5) is 47.9. The predicted molar refractivity (Wildman–Crippen MR) is 111 cm³/mol. The van der Waals surface area contributed by atoms with Crippen LogP contribution >= 0.6 is 0 Å². The predicted octanol–water partition coefficient (Wildman–Crippen LogP) is 4.25. The molecule has 0 aliphatic carbocycles. The molecule has 3 rings (SSSR count). The number of carbonyl (C=O) groups is 3. The van der Waals surface area contributed by atoms with Gasteiger partial charge in [-0.2, -0.15) is 0 Å². The first-order chi connectivity index (χ1) is 14.9. The molecule has 0 fully saturated rings. The van der Waals surface area contributed by atoms with E-state index in [9.17, 15) is 24.5 Å². The number of carbonyl (C=O) groups excluding carboxylic acids is 3. The van der Waals surface area contributed by atoms with Gasteiger partial charge in [-0.15, -0.1) is 0 Å². The second-order valence-corrected chi connectivity index (χ2v) is 6.31. The van der Waals surface area contributed by atoms with Crippen molar-refractivity contribution in [1.82, 2.24) is 0 Å². The summed E-state index contributed by atoms with van der Waals surface area (Å²) in [6.07, 6.45) is 1.16. The molecule has 1 heterocycles. The van der Waals surface area contributed by atoms with E-state index in [1.807, 2.05) is 0 Å². The molecule has 0 amide bonds. The largest absolute Gasteiger partial charge is 0.460 e. The van der Waals surface area contributed by atoms with Gasteiger partial charge in [-0.25, -0.2) is 4.79 Å². The van der Waals surface area contributed by atoms with Crippen molar-refractivity contribution in [3.63, 3.8) is 0 Å². The molecule has 8 nitrogen and oxygen atoms in total. The number of esters is 1. The van der Waals surface area contributed by atoms with Gasteiger partial charge in [0.05, 0.1) is 17.1 Å². The Kier molecular flexibility index (Phi) is 6.51. The van der Waals surface area contributed by atoms with E-state index in [1.165, 1.54) is 36.4 Å². The van der Waals surface area contributed by atoms with Crippen LogP contribution in [0.15, 0.2) is 76.7 Å². The fourth-order valence-electron chi connectivity index (χ4n) is 2.79. The zero-order chi connectivity index (χ0) is 22.4. The summed E-state index contributed by atoms with van der Waals surface area (Å²) < 4.78 is 10.4. The van der Waals surface area contributed by atoms with Gasteiger partial charge >= 0.3 is 5.97 Å². The number of nitro benzene ring substituents is 1. The minimum absolute atomic E-state index is 0.0188. The Bertz CT molecular complexity index is 1180. The molecule has 1 aromatic heterocycles. The minimum Gasteiger partial charge on any atom is -0.460 e. The lowest BCUT2D eigenvalue weighted by Crippen LogP contribution is -2.24. The topological polar surface area (TPSA) is 117 Å². The van der Waals surface area contributed by atoms with Crippen LogP contribution in [0.2, 0.25) is 0 Å². The molecule has 0 spiro atoms. The Labute approximate surface area is 176 Å². The first-order valence-electron chi connectivity index (χ1n) is 9.28. The summed E-state index contributed by atoms with van der Waals surface area (Å²) in [5, 5.41) is 11.0. The second-order valence-electron chi connectivity index (χ2n) is 6.31. The molecule has 31 heavy (non-hydrogen) atoms. The maximum atomic E-state index is 12.9. The molecular weight excluding hydrogens is 402 g/mol. The van der Waals surface area contributed by atoms with Crippen LogP contribution in [0, 0.1) is 10.1 Å². The Morgan fingerprint density at radius 3 is 2.45 bits per heavy atom. The zero-order valence-electron chi connectivity index (χ0n) is 16.4. The molecule has 0 atom stereocenters. The van der Waals surface area contributed by atoms with E-state index >= 15 is 0 Å². The number of hydrogen-bond acceptors (Lipinski definition) is 7. The molecule has 0 unspecified atom stereocenters. The van der Waals surface area contributed by atoms with E-state index in [2.05, 4.69) is 0 Å². The number of nitrogens with zero attached hydrogens (tertiary/aromatic N) is 1. The van der Waals surface area contributed by atoms with E-state index in [4.69, 9.17) is 9.15 Å². The number of ketones is 2. The molecule has 0 bridgehead atoms. The lowest BCUT2D eigenvalue weighted by Gasteiger charge is -2.05. The number of non-ortho nitro benzene ring substituents is 1. The zero-order valence-corrected chi connectivity index (χ0v) is 16.4. The van der Waals surface area contributed by atoms with Crippen LogP contribution in [0.4, 0.5) is 5.69 Å². The summed E-state index contributed by atoms with van der Waals surface area (Å²) in [7, 11) is 0. The van der Waals surface area contributed by atoms with Crippen molar-refractivity contribution in [2.45, 2.75) is 6.92 Å². The average molecular weight is 419 g/mol. The number of rotatable bonds is 8. The fraction of sp³-hybridized carbons (Fsp3) is 0.0870. The molecule has 0 saturated carbocycles. The van der Waals surface area contributed by atoms with Gasteiger partial charge in [-0.05, 0) is 25.1 Å². The van der Waals surface area contributed by atoms with E-state index in [0.717, 1.165) is 6.08 Å². The molecule has 3 aromatic rings. The van der Waals surface area contributed by atoms with Crippen molar-refractivity contribution in [2.24, 2.45) is 0 Å². The third kappa shape index (κ3) is 4.99. The lowest BCUT2D eigenvalue weighted by atomic mass is 9.99. The summed E-state index contributed by atoms with van der Waals surface area (Å²) in [5.74, 6) is -2.48. The Hall–Kier alpha value is -4.33. The van der Waals surface area contributed by atoms with Crippen LogP contribution in [-0.4, -0.2) is 29.1 Å². The molecule has 0 saturated heterocycles. The highest BCUT2D eigenvalue weighted by Gasteiger charge is 2.27. The third-order valence-electron chi connectivity index (χ3n) is 4.24. The third-order valence-corrected chi connectivity index (χ3v) is 4.24. The van der Waals surface area contributed by atoms with Crippen LogP contribution in [-0.2, 0) is 14.3 Å². The summed E-state index contributed by atoms with van der Waals surface area (Å²) in [6, 6.07) is 16.9. The van der Waals surface area contributed by atoms with Crippen molar-refractivity contribution >= 4 is 29.3 Å². The molecule has 0 aliphatic rings.